The molecule has 0 saturated carbocycles. The topological polar surface area (TPSA) is 77.8 Å². The first-order valence-corrected chi connectivity index (χ1v) is 12.1. The van der Waals surface area contributed by atoms with Crippen molar-refractivity contribution in [1.29, 1.82) is 0 Å². The molecule has 0 saturated heterocycles. The number of carboxylic acids is 1. The van der Waals surface area contributed by atoms with Crippen molar-refractivity contribution in [3.05, 3.63) is 0 Å². The van der Waals surface area contributed by atoms with Crippen molar-refractivity contribution in [3.63, 3.8) is 0 Å². The highest BCUT2D eigenvalue weighted by atomic mass is 16.4. The van der Waals surface area contributed by atoms with Gasteiger partial charge in [-0.2, -0.15) is 0 Å². The van der Waals surface area contributed by atoms with E-state index < -0.39 is 12.1 Å². The third kappa shape index (κ3) is 20.0. The highest BCUT2D eigenvalue weighted by Gasteiger charge is 2.16. The van der Waals surface area contributed by atoms with Gasteiger partial charge >= 0.3 is 5.97 Å². The molecule has 1 unspecified atom stereocenters. The number of aliphatic hydroxyl groups excluding tert-OH is 1. The summed E-state index contributed by atoms with van der Waals surface area (Å²) in [6.07, 6.45) is 19.1. The molecule has 172 valence electrons. The van der Waals surface area contributed by atoms with Crippen LogP contribution in [0.25, 0.3) is 0 Å². The number of carbonyl (C=O) groups excluding carboxylic acids is 1. The predicted molar refractivity (Wildman–Crippen MR) is 120 cm³/mol. The summed E-state index contributed by atoms with van der Waals surface area (Å²) >= 11 is 0. The van der Waals surface area contributed by atoms with Gasteiger partial charge in [0.25, 0.3) is 0 Å². The van der Waals surface area contributed by atoms with Gasteiger partial charge in [0.05, 0.1) is 12.5 Å². The second-order valence-corrected chi connectivity index (χ2v) is 8.53. The summed E-state index contributed by atoms with van der Waals surface area (Å²) in [7, 11) is 0. The smallest absolute Gasteiger partial charge is 0.305 e. The van der Waals surface area contributed by atoms with Gasteiger partial charge in [0.1, 0.15) is 0 Å². The highest BCUT2D eigenvalue weighted by Crippen LogP contribution is 2.14. The highest BCUT2D eigenvalue weighted by molar-refractivity contribution is 5.77. The van der Waals surface area contributed by atoms with Crippen molar-refractivity contribution in [1.82, 2.24) is 4.90 Å². The molecule has 1 atom stereocenters. The third-order valence-corrected chi connectivity index (χ3v) is 5.43. The lowest BCUT2D eigenvalue weighted by molar-refractivity contribution is -0.139. The fourth-order valence-corrected chi connectivity index (χ4v) is 3.67. The van der Waals surface area contributed by atoms with E-state index in [1.165, 1.54) is 81.9 Å². The Bertz CT molecular complexity index is 398. The Hall–Kier alpha value is -1.10. The van der Waals surface area contributed by atoms with Gasteiger partial charge < -0.3 is 15.1 Å². The zero-order chi connectivity index (χ0) is 21.7. The minimum atomic E-state index is -0.916. The van der Waals surface area contributed by atoms with Crippen LogP contribution < -0.4 is 0 Å². The number of carboxylic acid groups (broad SMARTS) is 1. The average molecular weight is 414 g/mol. The molecule has 0 heterocycles. The fraction of sp³-hybridized carbons (Fsp3) is 0.917. The third-order valence-electron chi connectivity index (χ3n) is 5.43. The van der Waals surface area contributed by atoms with Gasteiger partial charge in [0.2, 0.25) is 5.91 Å². The molecule has 5 heteroatoms. The second-order valence-electron chi connectivity index (χ2n) is 8.53. The van der Waals surface area contributed by atoms with E-state index in [9.17, 15) is 14.7 Å². The maximum atomic E-state index is 12.2. The lowest BCUT2D eigenvalue weighted by atomic mass is 10.0. The van der Waals surface area contributed by atoms with Gasteiger partial charge in [-0.25, -0.2) is 0 Å². The van der Waals surface area contributed by atoms with E-state index in [0.717, 1.165) is 19.3 Å². The summed E-state index contributed by atoms with van der Waals surface area (Å²) in [5.41, 5.74) is 0. The molecule has 0 rings (SSSR count). The maximum Gasteiger partial charge on any atom is 0.305 e. The van der Waals surface area contributed by atoms with Crippen molar-refractivity contribution >= 4 is 11.9 Å². The number of unbranched alkanes of at least 4 members (excludes halogenated alkanes) is 14. The predicted octanol–water partition coefficient (Wildman–Crippen LogP) is 5.93. The Labute approximate surface area is 179 Å². The second kappa shape index (κ2) is 20.2. The average Bonchev–Trinajstić information content (AvgIpc) is 2.67. The summed E-state index contributed by atoms with van der Waals surface area (Å²) in [6.45, 7) is 4.27. The van der Waals surface area contributed by atoms with E-state index in [1.807, 2.05) is 0 Å². The van der Waals surface area contributed by atoms with Crippen LogP contribution in [0.4, 0.5) is 0 Å². The van der Waals surface area contributed by atoms with Gasteiger partial charge in [-0.1, -0.05) is 96.8 Å². The van der Waals surface area contributed by atoms with Crippen molar-refractivity contribution in [3.8, 4) is 0 Å². The number of carbonyl (C=O) groups is 2. The molecule has 29 heavy (non-hydrogen) atoms. The Morgan fingerprint density at radius 3 is 1.52 bits per heavy atom. The largest absolute Gasteiger partial charge is 0.481 e. The normalized spacial score (nSPS) is 12.1. The monoisotopic (exact) mass is 413 g/mol. The molecular weight excluding hydrogens is 366 g/mol. The quantitative estimate of drug-likeness (QED) is 0.229. The van der Waals surface area contributed by atoms with Crippen LogP contribution in [0.1, 0.15) is 123 Å². The molecule has 5 nitrogen and oxygen atoms in total. The number of rotatable bonds is 21. The Morgan fingerprint density at radius 2 is 1.14 bits per heavy atom. The van der Waals surface area contributed by atoms with Crippen molar-refractivity contribution < 1.29 is 19.8 Å². The number of aliphatic hydroxyl groups is 1. The van der Waals surface area contributed by atoms with E-state index in [0.29, 0.717) is 6.42 Å². The molecule has 0 aromatic carbocycles. The molecule has 0 aliphatic carbocycles. The SMILES string of the molecule is CCCCCCCCCCCCCCCCCC(=O)N(CCC(=O)O)CC(C)O. The van der Waals surface area contributed by atoms with Crippen LogP contribution in [0.5, 0.6) is 0 Å². The molecule has 0 aliphatic rings. The van der Waals surface area contributed by atoms with E-state index >= 15 is 0 Å². The van der Waals surface area contributed by atoms with Gasteiger partial charge in [-0.15, -0.1) is 0 Å². The fourth-order valence-electron chi connectivity index (χ4n) is 3.67. The number of amides is 1. The molecule has 1 amide bonds. The van der Waals surface area contributed by atoms with Gasteiger partial charge in [0.15, 0.2) is 0 Å². The molecule has 0 aromatic heterocycles. The van der Waals surface area contributed by atoms with Crippen molar-refractivity contribution in [2.45, 2.75) is 129 Å². The lowest BCUT2D eigenvalue weighted by Gasteiger charge is -2.23. The Kier molecular flexibility index (Phi) is 19.4. The molecule has 0 radical (unpaired) electrons. The maximum absolute atomic E-state index is 12.2. The summed E-state index contributed by atoms with van der Waals surface area (Å²) in [5, 5.41) is 18.3. The summed E-state index contributed by atoms with van der Waals surface area (Å²) in [4.78, 5) is 24.5. The number of aliphatic carboxylic acids is 1. The van der Waals surface area contributed by atoms with E-state index in [4.69, 9.17) is 5.11 Å². The van der Waals surface area contributed by atoms with E-state index in [-0.39, 0.29) is 25.4 Å². The minimum Gasteiger partial charge on any atom is -0.481 e. The van der Waals surface area contributed by atoms with Gasteiger partial charge in [0, 0.05) is 19.5 Å². The number of nitrogens with zero attached hydrogens (tertiary/aromatic N) is 1. The van der Waals surface area contributed by atoms with Gasteiger partial charge in [-0.3, -0.25) is 9.59 Å². The van der Waals surface area contributed by atoms with Crippen LogP contribution in [-0.4, -0.2) is 46.2 Å². The van der Waals surface area contributed by atoms with Crippen LogP contribution in [0.15, 0.2) is 0 Å². The van der Waals surface area contributed by atoms with Crippen LogP contribution in [0, 0.1) is 0 Å². The Balaban J connectivity index is 3.53. The lowest BCUT2D eigenvalue weighted by Crippen LogP contribution is -2.37. The minimum absolute atomic E-state index is 0.0400. The van der Waals surface area contributed by atoms with Crippen molar-refractivity contribution in [2.75, 3.05) is 13.1 Å². The Morgan fingerprint density at radius 1 is 0.724 bits per heavy atom. The van der Waals surface area contributed by atoms with Crippen molar-refractivity contribution in [2.24, 2.45) is 0 Å². The molecule has 0 aromatic rings. The molecule has 0 bridgehead atoms. The standard InChI is InChI=1S/C24H47NO4/c1-3-4-5-6-7-8-9-10-11-12-13-14-15-16-17-18-23(27)25(21-22(2)26)20-19-24(28)29/h22,26H,3-21H2,1-2H3,(H,28,29). The molecule has 0 aliphatic heterocycles. The first-order chi connectivity index (χ1) is 14.0. The summed E-state index contributed by atoms with van der Waals surface area (Å²) < 4.78 is 0. The van der Waals surface area contributed by atoms with Crippen LogP contribution in [0.3, 0.4) is 0 Å². The first kappa shape index (κ1) is 27.9. The van der Waals surface area contributed by atoms with Crippen LogP contribution in [-0.2, 0) is 9.59 Å². The number of hydrogen-bond donors (Lipinski definition) is 2. The summed E-state index contributed by atoms with van der Waals surface area (Å²) in [5.74, 6) is -0.956. The van der Waals surface area contributed by atoms with E-state index in [2.05, 4.69) is 6.92 Å². The number of hydrogen-bond acceptors (Lipinski definition) is 3. The van der Waals surface area contributed by atoms with Crippen LogP contribution >= 0.6 is 0 Å². The van der Waals surface area contributed by atoms with E-state index in [1.54, 1.807) is 6.92 Å². The van der Waals surface area contributed by atoms with Gasteiger partial charge in [-0.05, 0) is 13.3 Å². The molecular formula is C24H47NO4. The zero-order valence-corrected chi connectivity index (χ0v) is 19.2. The van der Waals surface area contributed by atoms with Crippen LogP contribution in [0.2, 0.25) is 0 Å². The molecule has 0 spiro atoms. The molecule has 0 fully saturated rings. The molecule has 2 N–H and O–H groups in total. The first-order valence-electron chi connectivity index (χ1n) is 12.1. The summed E-state index contributed by atoms with van der Waals surface area (Å²) in [6, 6.07) is 0. The zero-order valence-electron chi connectivity index (χ0n) is 19.2.